The number of nitrogens with zero attached hydrogens (tertiary/aromatic N) is 1. The number of hydrogen-bond acceptors (Lipinski definition) is 2. The lowest BCUT2D eigenvalue weighted by molar-refractivity contribution is 0.160. The lowest BCUT2D eigenvalue weighted by atomic mass is 9.62. The Morgan fingerprint density at radius 3 is 2.28 bits per heavy atom. The molecule has 0 aromatic carbocycles. The Bertz CT molecular complexity index is 683. The molecular weight excluding hydrogens is 310 g/mol. The SMILES string of the molecule is CC1C2CC(C/C2=C2/C(=N\NC(N)=O)C3CC2C(C)(C)C3C)C1(C)C. The van der Waals surface area contributed by atoms with E-state index in [-0.39, 0.29) is 0 Å². The van der Waals surface area contributed by atoms with Crippen LogP contribution >= 0.6 is 0 Å². The largest absolute Gasteiger partial charge is 0.350 e. The molecule has 4 aliphatic carbocycles. The summed E-state index contributed by atoms with van der Waals surface area (Å²) in [5.74, 6) is 3.82. The van der Waals surface area contributed by atoms with Gasteiger partial charge in [-0.05, 0) is 65.3 Å². The molecule has 0 aromatic heterocycles. The number of hydrazone groups is 1. The van der Waals surface area contributed by atoms with Gasteiger partial charge in [-0.25, -0.2) is 10.2 Å². The van der Waals surface area contributed by atoms with Crippen molar-refractivity contribution in [2.24, 2.45) is 57.2 Å². The standard InChI is InChI=1S/C21H33N3O/c1-10-13-7-12(20(10,3)4)8-15(13)17-16-9-14(11(2)21(16,5)6)18(17)23-24-19(22)25/h10-14,16H,7-9H2,1-6H3,(H3,22,24,25)/b17-15-,23-18-. The van der Waals surface area contributed by atoms with Crippen molar-refractivity contribution in [1.29, 1.82) is 0 Å². The smallest absolute Gasteiger partial charge is 0.332 e. The van der Waals surface area contributed by atoms with Gasteiger partial charge in [0, 0.05) is 5.92 Å². The third kappa shape index (κ3) is 2.12. The number of allylic oxidation sites excluding steroid dienone is 2. The first-order valence-electron chi connectivity index (χ1n) is 9.93. The Kier molecular flexibility index (Phi) is 3.50. The van der Waals surface area contributed by atoms with Gasteiger partial charge in [-0.3, -0.25) is 0 Å². The van der Waals surface area contributed by atoms with Crippen LogP contribution in [0.2, 0.25) is 0 Å². The minimum absolute atomic E-state index is 0.305. The van der Waals surface area contributed by atoms with E-state index in [0.717, 1.165) is 17.5 Å². The maximum Gasteiger partial charge on any atom is 0.332 e. The number of carbonyl (C=O) groups excluding carboxylic acids is 1. The van der Waals surface area contributed by atoms with Crippen molar-refractivity contribution in [2.45, 2.75) is 60.8 Å². The highest BCUT2D eigenvalue weighted by molar-refractivity contribution is 6.07. The van der Waals surface area contributed by atoms with E-state index in [4.69, 9.17) is 5.73 Å². The highest BCUT2D eigenvalue weighted by Gasteiger charge is 2.60. The van der Waals surface area contributed by atoms with E-state index in [2.05, 4.69) is 52.1 Å². The van der Waals surface area contributed by atoms with Crippen LogP contribution in [0.5, 0.6) is 0 Å². The first kappa shape index (κ1) is 17.1. The fourth-order valence-corrected chi connectivity index (χ4v) is 6.68. The van der Waals surface area contributed by atoms with E-state index < -0.39 is 6.03 Å². The Morgan fingerprint density at radius 1 is 1.08 bits per heavy atom. The molecular formula is C21H33N3O. The molecule has 25 heavy (non-hydrogen) atoms. The van der Waals surface area contributed by atoms with Crippen LogP contribution < -0.4 is 11.2 Å². The number of urea groups is 1. The predicted molar refractivity (Wildman–Crippen MR) is 101 cm³/mol. The van der Waals surface area contributed by atoms with Gasteiger partial charge < -0.3 is 5.73 Å². The van der Waals surface area contributed by atoms with Gasteiger partial charge in [-0.1, -0.05) is 47.1 Å². The molecule has 4 fully saturated rings. The average Bonchev–Trinajstić information content (AvgIpc) is 3.20. The Hall–Kier alpha value is -1.32. The van der Waals surface area contributed by atoms with E-state index in [1.807, 2.05) is 0 Å². The molecule has 6 atom stereocenters. The number of primary amides is 1. The van der Waals surface area contributed by atoms with Crippen LogP contribution in [0.25, 0.3) is 0 Å². The van der Waals surface area contributed by atoms with Gasteiger partial charge in [0.05, 0.1) is 5.71 Å². The van der Waals surface area contributed by atoms with Crippen LogP contribution in [0.15, 0.2) is 16.2 Å². The second-order valence-electron chi connectivity index (χ2n) is 10.3. The van der Waals surface area contributed by atoms with Crippen LogP contribution in [0, 0.1) is 46.3 Å². The average molecular weight is 344 g/mol. The van der Waals surface area contributed by atoms with Crippen molar-refractivity contribution < 1.29 is 4.79 Å². The number of fused-ring (bicyclic) bond motifs is 4. The van der Waals surface area contributed by atoms with Crippen LogP contribution in [0.3, 0.4) is 0 Å². The number of nitrogens with two attached hydrogens (primary N) is 1. The summed E-state index contributed by atoms with van der Waals surface area (Å²) >= 11 is 0. The maximum atomic E-state index is 11.3. The number of hydrogen-bond donors (Lipinski definition) is 2. The lowest BCUT2D eigenvalue weighted by Gasteiger charge is -2.42. The molecule has 4 rings (SSSR count). The van der Waals surface area contributed by atoms with Gasteiger partial charge in [0.25, 0.3) is 0 Å². The van der Waals surface area contributed by atoms with Crippen molar-refractivity contribution in [1.82, 2.24) is 5.43 Å². The highest BCUT2D eigenvalue weighted by Crippen LogP contribution is 2.66. The number of nitrogens with one attached hydrogen (secondary N) is 1. The van der Waals surface area contributed by atoms with Crippen molar-refractivity contribution in [3.63, 3.8) is 0 Å². The minimum Gasteiger partial charge on any atom is -0.350 e. The molecule has 4 heteroatoms. The summed E-state index contributed by atoms with van der Waals surface area (Å²) < 4.78 is 0. The fraction of sp³-hybridized carbons (Fsp3) is 0.810. The van der Waals surface area contributed by atoms with E-state index >= 15 is 0 Å². The van der Waals surface area contributed by atoms with Gasteiger partial charge in [-0.15, -0.1) is 0 Å². The molecule has 4 bridgehead atoms. The molecule has 0 spiro atoms. The van der Waals surface area contributed by atoms with Crippen molar-refractivity contribution in [2.75, 3.05) is 0 Å². The van der Waals surface area contributed by atoms with Gasteiger partial charge in [0.2, 0.25) is 0 Å². The lowest BCUT2D eigenvalue weighted by Crippen LogP contribution is -2.39. The molecule has 2 amide bonds. The molecule has 0 aliphatic heterocycles. The molecule has 4 aliphatic rings. The normalized spacial score (nSPS) is 47.7. The summed E-state index contributed by atoms with van der Waals surface area (Å²) in [4.78, 5) is 11.3. The molecule has 4 nitrogen and oxygen atoms in total. The quantitative estimate of drug-likeness (QED) is 0.684. The molecule has 4 saturated carbocycles. The summed E-state index contributed by atoms with van der Waals surface area (Å²) in [5, 5.41) is 4.53. The van der Waals surface area contributed by atoms with Crippen molar-refractivity contribution in [3.8, 4) is 0 Å². The maximum absolute atomic E-state index is 11.3. The van der Waals surface area contributed by atoms with Crippen molar-refractivity contribution >= 4 is 11.7 Å². The van der Waals surface area contributed by atoms with E-state index in [1.54, 1.807) is 5.57 Å². The summed E-state index contributed by atoms with van der Waals surface area (Å²) in [6, 6.07) is -0.561. The van der Waals surface area contributed by atoms with Crippen molar-refractivity contribution in [3.05, 3.63) is 11.1 Å². The molecule has 138 valence electrons. The Balaban J connectivity index is 1.79. The summed E-state index contributed by atoms with van der Waals surface area (Å²) in [5.41, 5.74) is 12.9. The Morgan fingerprint density at radius 2 is 1.72 bits per heavy atom. The molecule has 0 radical (unpaired) electrons. The molecule has 3 N–H and O–H groups in total. The van der Waals surface area contributed by atoms with Crippen LogP contribution in [0.1, 0.15) is 60.8 Å². The van der Waals surface area contributed by atoms with Crippen LogP contribution in [0.4, 0.5) is 4.79 Å². The second-order valence-corrected chi connectivity index (χ2v) is 10.3. The number of carbonyl (C=O) groups is 1. The molecule has 0 heterocycles. The number of rotatable bonds is 1. The second kappa shape index (κ2) is 5.11. The van der Waals surface area contributed by atoms with Gasteiger partial charge in [0.15, 0.2) is 0 Å². The van der Waals surface area contributed by atoms with Gasteiger partial charge in [-0.2, -0.15) is 5.10 Å². The van der Waals surface area contributed by atoms with Crippen LogP contribution in [-0.2, 0) is 0 Å². The van der Waals surface area contributed by atoms with E-state index in [1.165, 1.54) is 24.8 Å². The van der Waals surface area contributed by atoms with E-state index in [0.29, 0.717) is 34.5 Å². The van der Waals surface area contributed by atoms with Gasteiger partial charge in [0.1, 0.15) is 0 Å². The third-order valence-corrected chi connectivity index (χ3v) is 9.05. The zero-order valence-electron chi connectivity index (χ0n) is 16.5. The van der Waals surface area contributed by atoms with E-state index in [9.17, 15) is 4.79 Å². The summed E-state index contributed by atoms with van der Waals surface area (Å²) in [6.45, 7) is 14.5. The summed E-state index contributed by atoms with van der Waals surface area (Å²) in [7, 11) is 0. The van der Waals surface area contributed by atoms with Gasteiger partial charge >= 0.3 is 6.03 Å². The summed E-state index contributed by atoms with van der Waals surface area (Å²) in [6.07, 6.45) is 3.74. The molecule has 6 unspecified atom stereocenters. The Labute approximate surface area is 151 Å². The minimum atomic E-state index is -0.561. The monoisotopic (exact) mass is 343 g/mol. The molecule has 0 aromatic rings. The predicted octanol–water partition coefficient (Wildman–Crippen LogP) is 4.32. The number of amides is 2. The molecule has 0 saturated heterocycles. The van der Waals surface area contributed by atoms with Crippen LogP contribution in [-0.4, -0.2) is 11.7 Å². The highest BCUT2D eigenvalue weighted by atomic mass is 16.2. The zero-order valence-corrected chi connectivity index (χ0v) is 16.5. The third-order valence-electron chi connectivity index (χ3n) is 9.05. The first-order valence-corrected chi connectivity index (χ1v) is 9.93. The zero-order chi connectivity index (χ0) is 18.3. The first-order chi connectivity index (χ1) is 11.6. The fourth-order valence-electron chi connectivity index (χ4n) is 6.68. The topological polar surface area (TPSA) is 67.5 Å².